The van der Waals surface area contributed by atoms with Gasteiger partial charge in [-0.3, -0.25) is 0 Å². The van der Waals surface area contributed by atoms with E-state index in [1.54, 1.807) is 0 Å². The van der Waals surface area contributed by atoms with Gasteiger partial charge in [-0.05, 0) is 46.2 Å². The summed E-state index contributed by atoms with van der Waals surface area (Å²) in [6.07, 6.45) is 4.77. The normalized spacial score (nSPS) is 11.8. The van der Waals surface area contributed by atoms with Crippen LogP contribution in [0.3, 0.4) is 0 Å². The highest BCUT2D eigenvalue weighted by Gasteiger charge is 2.20. The molecule has 0 spiro atoms. The SMILES string of the molecule is CCCCN(CCCC)CCC(C)(C)NC(=O)O. The molecule has 0 rings (SSSR count). The lowest BCUT2D eigenvalue weighted by Gasteiger charge is -2.29. The van der Waals surface area contributed by atoms with Gasteiger partial charge in [0.2, 0.25) is 0 Å². The monoisotopic (exact) mass is 258 g/mol. The molecule has 0 bridgehead atoms. The van der Waals surface area contributed by atoms with Gasteiger partial charge in [-0.25, -0.2) is 4.79 Å². The minimum atomic E-state index is -0.936. The lowest BCUT2D eigenvalue weighted by Crippen LogP contribution is -2.45. The summed E-state index contributed by atoms with van der Waals surface area (Å²) in [6, 6.07) is 0. The molecule has 108 valence electrons. The fourth-order valence-corrected chi connectivity index (χ4v) is 1.89. The smallest absolute Gasteiger partial charge is 0.405 e. The van der Waals surface area contributed by atoms with Gasteiger partial charge in [0.05, 0.1) is 0 Å². The molecule has 0 aromatic heterocycles. The Morgan fingerprint density at radius 3 is 2.00 bits per heavy atom. The third-order valence-corrected chi connectivity index (χ3v) is 3.15. The molecule has 4 heteroatoms. The van der Waals surface area contributed by atoms with Crippen LogP contribution in [-0.2, 0) is 0 Å². The summed E-state index contributed by atoms with van der Waals surface area (Å²) in [4.78, 5) is 13.1. The van der Waals surface area contributed by atoms with E-state index in [1.165, 1.54) is 25.7 Å². The molecule has 0 radical (unpaired) electrons. The first-order valence-electron chi connectivity index (χ1n) is 7.14. The highest BCUT2D eigenvalue weighted by Crippen LogP contribution is 2.10. The Morgan fingerprint density at radius 2 is 1.61 bits per heavy atom. The van der Waals surface area contributed by atoms with E-state index in [-0.39, 0.29) is 5.54 Å². The molecular weight excluding hydrogens is 228 g/mol. The van der Waals surface area contributed by atoms with Crippen molar-refractivity contribution in [3.8, 4) is 0 Å². The standard InChI is InChI=1S/C14H30N2O2/c1-5-7-10-16(11-8-6-2)12-9-14(3,4)15-13(17)18/h15H,5-12H2,1-4H3,(H,17,18). The molecule has 0 fully saturated rings. The first-order valence-corrected chi connectivity index (χ1v) is 7.14. The van der Waals surface area contributed by atoms with Crippen molar-refractivity contribution >= 4 is 6.09 Å². The summed E-state index contributed by atoms with van der Waals surface area (Å²) in [5.74, 6) is 0. The molecule has 0 aliphatic rings. The molecule has 0 saturated heterocycles. The minimum absolute atomic E-state index is 0.345. The van der Waals surface area contributed by atoms with Gasteiger partial charge in [-0.2, -0.15) is 0 Å². The number of nitrogens with zero attached hydrogens (tertiary/aromatic N) is 1. The molecule has 0 aromatic carbocycles. The number of amides is 1. The highest BCUT2D eigenvalue weighted by atomic mass is 16.4. The van der Waals surface area contributed by atoms with Crippen molar-refractivity contribution in [2.75, 3.05) is 19.6 Å². The van der Waals surface area contributed by atoms with Crippen LogP contribution in [0.4, 0.5) is 4.79 Å². The number of nitrogens with one attached hydrogen (secondary N) is 1. The van der Waals surface area contributed by atoms with Crippen molar-refractivity contribution in [2.24, 2.45) is 0 Å². The third-order valence-electron chi connectivity index (χ3n) is 3.15. The Balaban J connectivity index is 4.09. The minimum Gasteiger partial charge on any atom is -0.465 e. The average Bonchev–Trinajstić information content (AvgIpc) is 2.26. The van der Waals surface area contributed by atoms with Crippen molar-refractivity contribution in [3.05, 3.63) is 0 Å². The summed E-state index contributed by atoms with van der Waals surface area (Å²) in [7, 11) is 0. The second-order valence-electron chi connectivity index (χ2n) is 5.61. The molecule has 4 nitrogen and oxygen atoms in total. The van der Waals surface area contributed by atoms with Gasteiger partial charge < -0.3 is 15.3 Å². The van der Waals surface area contributed by atoms with Crippen LogP contribution in [0.5, 0.6) is 0 Å². The van der Waals surface area contributed by atoms with Crippen molar-refractivity contribution in [1.82, 2.24) is 10.2 Å². The fraction of sp³-hybridized carbons (Fsp3) is 0.929. The van der Waals surface area contributed by atoms with Crippen molar-refractivity contribution < 1.29 is 9.90 Å². The van der Waals surface area contributed by atoms with E-state index < -0.39 is 6.09 Å². The largest absolute Gasteiger partial charge is 0.465 e. The van der Waals surface area contributed by atoms with Crippen LogP contribution in [0.25, 0.3) is 0 Å². The number of unbranched alkanes of at least 4 members (excludes halogenated alkanes) is 2. The molecule has 1 amide bonds. The summed E-state index contributed by atoms with van der Waals surface area (Å²) >= 11 is 0. The predicted octanol–water partition coefficient (Wildman–Crippen LogP) is 3.32. The third kappa shape index (κ3) is 9.28. The zero-order valence-corrected chi connectivity index (χ0v) is 12.5. The number of hydrogen-bond donors (Lipinski definition) is 2. The summed E-state index contributed by atoms with van der Waals surface area (Å²) < 4.78 is 0. The Labute approximate surface area is 112 Å². The molecule has 0 aliphatic heterocycles. The van der Waals surface area contributed by atoms with Gasteiger partial charge >= 0.3 is 6.09 Å². The van der Waals surface area contributed by atoms with Crippen LogP contribution >= 0.6 is 0 Å². The van der Waals surface area contributed by atoms with Gasteiger partial charge in [0.1, 0.15) is 0 Å². The van der Waals surface area contributed by atoms with Crippen molar-refractivity contribution in [1.29, 1.82) is 0 Å². The molecule has 0 aliphatic carbocycles. The number of hydrogen-bond acceptors (Lipinski definition) is 2. The van der Waals surface area contributed by atoms with Gasteiger partial charge in [-0.15, -0.1) is 0 Å². The van der Waals surface area contributed by atoms with E-state index in [4.69, 9.17) is 5.11 Å². The van der Waals surface area contributed by atoms with Crippen LogP contribution in [-0.4, -0.2) is 41.3 Å². The van der Waals surface area contributed by atoms with E-state index in [2.05, 4.69) is 24.1 Å². The zero-order chi connectivity index (χ0) is 14.0. The quantitative estimate of drug-likeness (QED) is 0.632. The van der Waals surface area contributed by atoms with E-state index in [1.807, 2.05) is 13.8 Å². The summed E-state index contributed by atoms with van der Waals surface area (Å²) in [5, 5.41) is 11.3. The molecular formula is C14H30N2O2. The topological polar surface area (TPSA) is 52.6 Å². The maximum absolute atomic E-state index is 10.7. The predicted molar refractivity (Wildman–Crippen MR) is 76.1 cm³/mol. The van der Waals surface area contributed by atoms with Crippen LogP contribution in [0.1, 0.15) is 59.8 Å². The molecule has 0 atom stereocenters. The Bertz CT molecular complexity index is 222. The second-order valence-corrected chi connectivity index (χ2v) is 5.61. The van der Waals surface area contributed by atoms with Crippen LogP contribution < -0.4 is 5.32 Å². The van der Waals surface area contributed by atoms with Crippen LogP contribution in [0, 0.1) is 0 Å². The molecule has 0 heterocycles. The molecule has 2 N–H and O–H groups in total. The van der Waals surface area contributed by atoms with E-state index >= 15 is 0 Å². The molecule has 18 heavy (non-hydrogen) atoms. The Hall–Kier alpha value is -0.770. The number of carboxylic acid groups (broad SMARTS) is 1. The van der Waals surface area contributed by atoms with E-state index in [9.17, 15) is 4.79 Å². The summed E-state index contributed by atoms with van der Waals surface area (Å²) in [6.45, 7) is 11.5. The van der Waals surface area contributed by atoms with E-state index in [0.29, 0.717) is 0 Å². The zero-order valence-electron chi connectivity index (χ0n) is 12.5. The van der Waals surface area contributed by atoms with Crippen LogP contribution in [0.2, 0.25) is 0 Å². The Morgan fingerprint density at radius 1 is 1.11 bits per heavy atom. The first-order chi connectivity index (χ1) is 8.41. The molecule has 0 unspecified atom stereocenters. The second kappa shape index (κ2) is 9.20. The lowest BCUT2D eigenvalue weighted by molar-refractivity contribution is 0.173. The number of carbonyl (C=O) groups is 1. The van der Waals surface area contributed by atoms with Crippen molar-refractivity contribution in [2.45, 2.75) is 65.3 Å². The first kappa shape index (κ1) is 17.2. The average molecular weight is 258 g/mol. The highest BCUT2D eigenvalue weighted by molar-refractivity contribution is 5.65. The fourth-order valence-electron chi connectivity index (χ4n) is 1.89. The van der Waals surface area contributed by atoms with Gasteiger partial charge in [0, 0.05) is 12.1 Å². The maximum atomic E-state index is 10.7. The van der Waals surface area contributed by atoms with Gasteiger partial charge in [-0.1, -0.05) is 26.7 Å². The Kier molecular flexibility index (Phi) is 8.81. The van der Waals surface area contributed by atoms with Gasteiger partial charge in [0.25, 0.3) is 0 Å². The number of rotatable bonds is 10. The molecule has 0 aromatic rings. The molecule has 0 saturated carbocycles. The maximum Gasteiger partial charge on any atom is 0.405 e. The van der Waals surface area contributed by atoms with E-state index in [0.717, 1.165) is 26.1 Å². The van der Waals surface area contributed by atoms with Gasteiger partial charge in [0.15, 0.2) is 0 Å². The lowest BCUT2D eigenvalue weighted by atomic mass is 10.0. The van der Waals surface area contributed by atoms with Crippen LogP contribution in [0.15, 0.2) is 0 Å². The summed E-state index contributed by atoms with van der Waals surface area (Å²) in [5.41, 5.74) is -0.345. The van der Waals surface area contributed by atoms with Crippen molar-refractivity contribution in [3.63, 3.8) is 0 Å².